The number of aliphatic hydroxyl groups is 1. The molecule has 2 aliphatic rings. The molecule has 2 aliphatic heterocycles. The van der Waals surface area contributed by atoms with Gasteiger partial charge in [0.05, 0.1) is 12.8 Å². The second kappa shape index (κ2) is 9.96. The third-order valence-electron chi connectivity index (χ3n) is 7.30. The maximum absolute atomic E-state index is 13.8. The Morgan fingerprint density at radius 3 is 2.64 bits per heavy atom. The molecule has 0 spiro atoms. The SMILES string of the molecule is C[C@H](c1ccc(Cl)cc1Cl)c1nc(C(F)(F)F)c2ncc(N3CC([C@H]4CCCN(CCO)C4)C3)nn12. The Kier molecular flexibility index (Phi) is 7.06. The van der Waals surface area contributed by atoms with Crippen LogP contribution in [0.5, 0.6) is 0 Å². The van der Waals surface area contributed by atoms with Crippen LogP contribution in [0.4, 0.5) is 19.0 Å². The van der Waals surface area contributed by atoms with Gasteiger partial charge in [-0.1, -0.05) is 36.2 Å². The number of rotatable bonds is 6. The van der Waals surface area contributed by atoms with Crippen molar-refractivity contribution in [1.82, 2.24) is 24.5 Å². The van der Waals surface area contributed by atoms with E-state index in [1.54, 1.807) is 25.1 Å². The minimum Gasteiger partial charge on any atom is -0.395 e. The van der Waals surface area contributed by atoms with E-state index < -0.39 is 17.8 Å². The lowest BCUT2D eigenvalue weighted by molar-refractivity contribution is -0.139. The summed E-state index contributed by atoms with van der Waals surface area (Å²) < 4.78 is 42.6. The summed E-state index contributed by atoms with van der Waals surface area (Å²) in [7, 11) is 0. The first kappa shape index (κ1) is 25.5. The van der Waals surface area contributed by atoms with Crippen LogP contribution in [0.15, 0.2) is 24.4 Å². The number of aliphatic hydroxyl groups excluding tert-OH is 1. The van der Waals surface area contributed by atoms with Gasteiger partial charge in [-0.2, -0.15) is 17.7 Å². The largest absolute Gasteiger partial charge is 0.437 e. The Hall–Kier alpha value is -2.14. The summed E-state index contributed by atoms with van der Waals surface area (Å²) in [6, 6.07) is 4.88. The number of imidazole rings is 1. The third kappa shape index (κ3) is 4.88. The molecule has 0 unspecified atom stereocenters. The second-order valence-electron chi connectivity index (χ2n) is 9.65. The van der Waals surface area contributed by atoms with Crippen LogP contribution >= 0.6 is 23.2 Å². The fraction of sp³-hybridized carbons (Fsp3) is 0.542. The lowest BCUT2D eigenvalue weighted by Gasteiger charge is -2.46. The zero-order chi connectivity index (χ0) is 25.6. The highest BCUT2D eigenvalue weighted by Crippen LogP contribution is 2.38. The first-order valence-corrected chi connectivity index (χ1v) is 12.8. The summed E-state index contributed by atoms with van der Waals surface area (Å²) in [5.41, 5.74) is -0.800. The summed E-state index contributed by atoms with van der Waals surface area (Å²) in [5, 5.41) is 14.6. The van der Waals surface area contributed by atoms with E-state index in [1.807, 2.05) is 4.90 Å². The highest BCUT2D eigenvalue weighted by atomic mass is 35.5. The van der Waals surface area contributed by atoms with Crippen molar-refractivity contribution in [3.63, 3.8) is 0 Å². The zero-order valence-corrected chi connectivity index (χ0v) is 21.2. The molecule has 36 heavy (non-hydrogen) atoms. The van der Waals surface area contributed by atoms with E-state index >= 15 is 0 Å². The number of halogens is 5. The van der Waals surface area contributed by atoms with Crippen LogP contribution in [-0.4, -0.2) is 68.9 Å². The number of β-amino-alcohol motifs (C(OH)–C–C–N with tert-alkyl or cyclic N) is 1. The van der Waals surface area contributed by atoms with Gasteiger partial charge in [0.2, 0.25) is 0 Å². The number of piperidine rings is 1. The zero-order valence-electron chi connectivity index (χ0n) is 19.7. The number of benzene rings is 1. The number of hydrogen-bond donors (Lipinski definition) is 1. The van der Waals surface area contributed by atoms with Crippen molar-refractivity contribution in [2.24, 2.45) is 11.8 Å². The van der Waals surface area contributed by atoms with Crippen LogP contribution in [0, 0.1) is 11.8 Å². The van der Waals surface area contributed by atoms with E-state index in [-0.39, 0.29) is 18.1 Å². The number of aromatic nitrogens is 4. The van der Waals surface area contributed by atoms with Crippen LogP contribution in [-0.2, 0) is 6.18 Å². The van der Waals surface area contributed by atoms with Gasteiger partial charge in [0.25, 0.3) is 0 Å². The monoisotopic (exact) mass is 542 g/mol. The average Bonchev–Trinajstić information content (AvgIpc) is 3.18. The first-order chi connectivity index (χ1) is 17.2. The Balaban J connectivity index is 1.42. The number of alkyl halides is 3. The molecule has 2 aromatic heterocycles. The van der Waals surface area contributed by atoms with E-state index in [1.165, 1.54) is 10.7 Å². The van der Waals surface area contributed by atoms with Crippen molar-refractivity contribution in [3.05, 3.63) is 51.5 Å². The Morgan fingerprint density at radius 2 is 1.94 bits per heavy atom. The molecule has 2 saturated heterocycles. The number of hydrogen-bond acceptors (Lipinski definition) is 6. The topological polar surface area (TPSA) is 69.8 Å². The van der Waals surface area contributed by atoms with Crippen molar-refractivity contribution in [1.29, 1.82) is 0 Å². The summed E-state index contributed by atoms with van der Waals surface area (Å²) in [6.07, 6.45) is -1.03. The molecular weight excluding hydrogens is 516 g/mol. The fourth-order valence-electron chi connectivity index (χ4n) is 5.31. The number of likely N-dealkylation sites (tertiary alicyclic amines) is 1. The van der Waals surface area contributed by atoms with Crippen molar-refractivity contribution in [2.45, 2.75) is 31.9 Å². The Bertz CT molecular complexity index is 1240. The van der Waals surface area contributed by atoms with Crippen molar-refractivity contribution in [2.75, 3.05) is 44.2 Å². The van der Waals surface area contributed by atoms with Gasteiger partial charge >= 0.3 is 6.18 Å². The van der Waals surface area contributed by atoms with Crippen LogP contribution < -0.4 is 4.90 Å². The molecule has 0 bridgehead atoms. The summed E-state index contributed by atoms with van der Waals surface area (Å²) in [5.74, 6) is 1.06. The lowest BCUT2D eigenvalue weighted by atomic mass is 9.80. The standard InChI is InChI=1S/C24H27Cl2F3N6O/c1-14(18-5-4-17(25)9-19(18)26)22-31-21(24(27,28)29)23-30-10-20(32-35(22)23)34-12-16(13-34)15-3-2-6-33(11-15)7-8-36/h4-5,9-10,14-16,36H,2-3,6-8,11-13H2,1H3/t14-,15+/m1/s1. The molecular formula is C24H27Cl2F3N6O. The maximum atomic E-state index is 13.8. The molecule has 2 fully saturated rings. The summed E-state index contributed by atoms with van der Waals surface area (Å²) in [4.78, 5) is 12.4. The van der Waals surface area contributed by atoms with Gasteiger partial charge in [-0.3, -0.25) is 0 Å². The van der Waals surface area contributed by atoms with Crippen molar-refractivity contribution in [3.8, 4) is 0 Å². The molecule has 3 aromatic rings. The molecule has 0 aliphatic carbocycles. The molecule has 1 N–H and O–H groups in total. The van der Waals surface area contributed by atoms with Crippen molar-refractivity contribution >= 4 is 34.7 Å². The normalized spacial score (nSPS) is 20.6. The second-order valence-corrected chi connectivity index (χ2v) is 10.5. The van der Waals surface area contributed by atoms with Crippen LogP contribution in [0.3, 0.4) is 0 Å². The van der Waals surface area contributed by atoms with Crippen LogP contribution in [0.2, 0.25) is 10.0 Å². The van der Waals surface area contributed by atoms with Gasteiger partial charge in [0.1, 0.15) is 5.82 Å². The van der Waals surface area contributed by atoms with E-state index in [2.05, 4.69) is 20.0 Å². The summed E-state index contributed by atoms with van der Waals surface area (Å²) in [6.45, 7) is 6.10. The number of anilines is 1. The first-order valence-electron chi connectivity index (χ1n) is 12.0. The number of fused-ring (bicyclic) bond motifs is 1. The molecule has 7 nitrogen and oxygen atoms in total. The Morgan fingerprint density at radius 1 is 1.17 bits per heavy atom. The van der Waals surface area contributed by atoms with E-state index in [0.717, 1.165) is 39.0 Å². The molecule has 5 rings (SSSR count). The molecule has 12 heteroatoms. The Labute approximate surface area is 216 Å². The minimum atomic E-state index is -4.67. The fourth-order valence-corrected chi connectivity index (χ4v) is 5.88. The van der Waals surface area contributed by atoms with Crippen molar-refractivity contribution < 1.29 is 18.3 Å². The molecule has 0 radical (unpaired) electrons. The number of nitrogens with zero attached hydrogens (tertiary/aromatic N) is 6. The quantitative estimate of drug-likeness (QED) is 0.485. The molecule has 4 heterocycles. The van der Waals surface area contributed by atoms with Gasteiger partial charge in [0, 0.05) is 42.1 Å². The molecule has 0 saturated carbocycles. The van der Waals surface area contributed by atoms with Gasteiger partial charge in [0.15, 0.2) is 17.2 Å². The van der Waals surface area contributed by atoms with Gasteiger partial charge < -0.3 is 14.9 Å². The summed E-state index contributed by atoms with van der Waals surface area (Å²) >= 11 is 12.4. The van der Waals surface area contributed by atoms with Gasteiger partial charge in [-0.05, 0) is 48.9 Å². The van der Waals surface area contributed by atoms with E-state index in [4.69, 9.17) is 23.2 Å². The smallest absolute Gasteiger partial charge is 0.395 e. The van der Waals surface area contributed by atoms with Crippen LogP contribution in [0.1, 0.15) is 42.8 Å². The molecule has 0 amide bonds. The highest BCUT2D eigenvalue weighted by molar-refractivity contribution is 6.35. The lowest BCUT2D eigenvalue weighted by Crippen LogP contribution is -2.54. The average molecular weight is 543 g/mol. The van der Waals surface area contributed by atoms with E-state index in [0.29, 0.717) is 39.8 Å². The van der Waals surface area contributed by atoms with E-state index in [9.17, 15) is 18.3 Å². The molecule has 1 aromatic carbocycles. The molecule has 2 atom stereocenters. The predicted octanol–water partition coefficient (Wildman–Crippen LogP) is 4.74. The van der Waals surface area contributed by atoms with Crippen LogP contribution in [0.25, 0.3) is 5.65 Å². The third-order valence-corrected chi connectivity index (χ3v) is 7.87. The minimum absolute atomic E-state index is 0.111. The van der Waals surface area contributed by atoms with Gasteiger partial charge in [-0.15, -0.1) is 5.10 Å². The predicted molar refractivity (Wildman–Crippen MR) is 132 cm³/mol. The molecule has 194 valence electrons. The highest BCUT2D eigenvalue weighted by Gasteiger charge is 2.40. The van der Waals surface area contributed by atoms with Gasteiger partial charge in [-0.25, -0.2) is 9.97 Å². The maximum Gasteiger partial charge on any atom is 0.437 e.